The third kappa shape index (κ3) is 5.86. The summed E-state index contributed by atoms with van der Waals surface area (Å²) < 4.78 is 26.5. The van der Waals surface area contributed by atoms with Crippen LogP contribution in [0.15, 0.2) is 58.3 Å². The third-order valence-corrected chi connectivity index (χ3v) is 5.77. The molecule has 0 spiro atoms. The smallest absolute Gasteiger partial charge is 0.255 e. The van der Waals surface area contributed by atoms with Crippen LogP contribution >= 0.6 is 11.8 Å². The molecule has 0 heterocycles. The van der Waals surface area contributed by atoms with Crippen molar-refractivity contribution >= 4 is 39.3 Å². The number of amides is 2. The lowest BCUT2D eigenvalue weighted by Gasteiger charge is -2.11. The van der Waals surface area contributed by atoms with E-state index in [0.717, 1.165) is 0 Å². The van der Waals surface area contributed by atoms with E-state index in [9.17, 15) is 18.0 Å². The number of terminal acetylenes is 1. The van der Waals surface area contributed by atoms with Crippen LogP contribution in [0.25, 0.3) is 0 Å². The van der Waals surface area contributed by atoms with Gasteiger partial charge in [-0.2, -0.15) is 4.72 Å². The van der Waals surface area contributed by atoms with Crippen LogP contribution in [0, 0.1) is 12.3 Å². The highest BCUT2D eigenvalue weighted by atomic mass is 32.2. The Hall–Kier alpha value is -2.80. The van der Waals surface area contributed by atoms with E-state index in [0.29, 0.717) is 10.6 Å². The van der Waals surface area contributed by atoms with Gasteiger partial charge in [0.05, 0.1) is 22.9 Å². The zero-order valence-electron chi connectivity index (χ0n) is 14.1. The van der Waals surface area contributed by atoms with Gasteiger partial charge in [0.1, 0.15) is 0 Å². The Kier molecular flexibility index (Phi) is 7.01. The molecule has 0 atom stereocenters. The molecule has 0 saturated heterocycles. The van der Waals surface area contributed by atoms with E-state index in [-0.39, 0.29) is 22.8 Å². The molecular formula is C18H17N3O4S2. The van der Waals surface area contributed by atoms with Gasteiger partial charge in [-0.25, -0.2) is 8.42 Å². The number of rotatable bonds is 8. The van der Waals surface area contributed by atoms with Crippen LogP contribution in [-0.4, -0.2) is 32.5 Å². The van der Waals surface area contributed by atoms with Gasteiger partial charge in [-0.3, -0.25) is 9.59 Å². The normalized spacial score (nSPS) is 10.8. The number of hydrogen-bond acceptors (Lipinski definition) is 5. The molecule has 0 aliphatic carbocycles. The summed E-state index contributed by atoms with van der Waals surface area (Å²) in [6, 6.07) is 12.5. The number of thioether (sulfide) groups is 1. The molecule has 0 aliphatic rings. The Bertz CT molecular complexity index is 998. The summed E-state index contributed by atoms with van der Waals surface area (Å²) in [6.45, 7) is -0.150. The molecule has 140 valence electrons. The van der Waals surface area contributed by atoms with Gasteiger partial charge in [-0.05, 0) is 30.3 Å². The van der Waals surface area contributed by atoms with Crippen molar-refractivity contribution in [1.82, 2.24) is 4.72 Å². The second-order valence-corrected chi connectivity index (χ2v) is 8.05. The molecule has 7 nitrogen and oxygen atoms in total. The highest BCUT2D eigenvalue weighted by Crippen LogP contribution is 2.27. The van der Waals surface area contributed by atoms with E-state index >= 15 is 0 Å². The van der Waals surface area contributed by atoms with E-state index in [1.165, 1.54) is 36.0 Å². The topological polar surface area (TPSA) is 118 Å². The number of nitrogens with two attached hydrogens (primary N) is 1. The van der Waals surface area contributed by atoms with Crippen LogP contribution in [0.3, 0.4) is 0 Å². The molecule has 0 unspecified atom stereocenters. The van der Waals surface area contributed by atoms with Gasteiger partial charge >= 0.3 is 0 Å². The summed E-state index contributed by atoms with van der Waals surface area (Å²) in [5.74, 6) is 1.29. The number of anilines is 1. The predicted octanol–water partition coefficient (Wildman–Crippen LogP) is 1.43. The predicted molar refractivity (Wildman–Crippen MR) is 105 cm³/mol. The van der Waals surface area contributed by atoms with E-state index < -0.39 is 21.8 Å². The zero-order chi connectivity index (χ0) is 19.9. The first-order chi connectivity index (χ1) is 12.8. The maximum Gasteiger partial charge on any atom is 0.255 e. The maximum atomic E-state index is 12.5. The molecule has 2 amide bonds. The molecule has 27 heavy (non-hydrogen) atoms. The first kappa shape index (κ1) is 20.5. The Balaban J connectivity index is 2.22. The van der Waals surface area contributed by atoms with Gasteiger partial charge in [-0.1, -0.05) is 24.1 Å². The molecule has 0 aromatic heterocycles. The standard InChI is InChI=1S/C18H17N3O4S2/c1-2-10-20-27(24,25)14-7-5-6-13(11-14)18(23)21-15-8-3-4-9-16(15)26-12-17(19)22/h1,3-9,11,20H,10,12H2,(H2,19,22)(H,21,23). The van der Waals surface area contributed by atoms with Crippen molar-refractivity contribution in [2.45, 2.75) is 9.79 Å². The highest BCUT2D eigenvalue weighted by molar-refractivity contribution is 8.00. The van der Waals surface area contributed by atoms with Crippen LogP contribution in [0.4, 0.5) is 5.69 Å². The van der Waals surface area contributed by atoms with Gasteiger partial charge < -0.3 is 11.1 Å². The number of primary amides is 1. The van der Waals surface area contributed by atoms with Crippen molar-refractivity contribution in [2.24, 2.45) is 5.73 Å². The van der Waals surface area contributed by atoms with Crippen LogP contribution < -0.4 is 15.8 Å². The van der Waals surface area contributed by atoms with E-state index in [2.05, 4.69) is 16.0 Å². The fourth-order valence-electron chi connectivity index (χ4n) is 2.06. The van der Waals surface area contributed by atoms with Crippen molar-refractivity contribution in [2.75, 3.05) is 17.6 Å². The number of nitrogens with one attached hydrogen (secondary N) is 2. The van der Waals surface area contributed by atoms with Gasteiger partial charge in [0.2, 0.25) is 15.9 Å². The van der Waals surface area contributed by atoms with Crippen molar-refractivity contribution < 1.29 is 18.0 Å². The van der Waals surface area contributed by atoms with Crippen molar-refractivity contribution in [3.63, 3.8) is 0 Å². The fourth-order valence-corrected chi connectivity index (χ4v) is 3.79. The van der Waals surface area contributed by atoms with Gasteiger partial charge in [0.15, 0.2) is 0 Å². The Morgan fingerprint density at radius 2 is 1.89 bits per heavy atom. The average molecular weight is 403 g/mol. The van der Waals surface area contributed by atoms with E-state index in [4.69, 9.17) is 12.2 Å². The largest absolute Gasteiger partial charge is 0.369 e. The Labute approximate surface area is 161 Å². The minimum Gasteiger partial charge on any atom is -0.369 e. The molecule has 0 radical (unpaired) electrons. The SMILES string of the molecule is C#CCNS(=O)(=O)c1cccc(C(=O)Nc2ccccc2SCC(N)=O)c1. The molecule has 9 heteroatoms. The number of benzene rings is 2. The minimum absolute atomic E-state index is 0.0678. The number of carbonyl (C=O) groups excluding carboxylic acids is 2. The van der Waals surface area contributed by atoms with Gasteiger partial charge in [-0.15, -0.1) is 18.2 Å². The summed E-state index contributed by atoms with van der Waals surface area (Å²) in [6.07, 6.45) is 5.06. The van der Waals surface area contributed by atoms with Gasteiger partial charge in [0.25, 0.3) is 5.91 Å². The van der Waals surface area contributed by atoms with Crippen LogP contribution in [-0.2, 0) is 14.8 Å². The lowest BCUT2D eigenvalue weighted by molar-refractivity contribution is -0.115. The molecule has 0 aliphatic heterocycles. The molecule has 2 rings (SSSR count). The quantitative estimate of drug-likeness (QED) is 0.455. The number of hydrogen-bond donors (Lipinski definition) is 3. The summed E-state index contributed by atoms with van der Waals surface area (Å²) in [4.78, 5) is 24.1. The summed E-state index contributed by atoms with van der Waals surface area (Å²) >= 11 is 1.19. The molecule has 0 fully saturated rings. The summed E-state index contributed by atoms with van der Waals surface area (Å²) in [5, 5.41) is 2.71. The molecule has 2 aromatic carbocycles. The first-order valence-electron chi connectivity index (χ1n) is 7.68. The number of carbonyl (C=O) groups is 2. The second-order valence-electron chi connectivity index (χ2n) is 5.26. The van der Waals surface area contributed by atoms with Gasteiger partial charge in [0, 0.05) is 10.5 Å². The van der Waals surface area contributed by atoms with Crippen molar-refractivity contribution in [3.05, 3.63) is 54.1 Å². The fraction of sp³-hybridized carbons (Fsp3) is 0.111. The van der Waals surface area contributed by atoms with Crippen LogP contribution in [0.5, 0.6) is 0 Å². The van der Waals surface area contributed by atoms with Crippen molar-refractivity contribution in [3.8, 4) is 12.3 Å². The zero-order valence-corrected chi connectivity index (χ0v) is 15.8. The molecule has 0 bridgehead atoms. The highest BCUT2D eigenvalue weighted by Gasteiger charge is 2.16. The molecule has 0 saturated carbocycles. The Morgan fingerprint density at radius 3 is 2.59 bits per heavy atom. The number of sulfonamides is 1. The minimum atomic E-state index is -3.81. The summed E-state index contributed by atoms with van der Waals surface area (Å²) in [7, 11) is -3.81. The van der Waals surface area contributed by atoms with E-state index in [1.54, 1.807) is 24.3 Å². The van der Waals surface area contributed by atoms with Crippen LogP contribution in [0.2, 0.25) is 0 Å². The molecule has 4 N–H and O–H groups in total. The number of para-hydroxylation sites is 1. The third-order valence-electron chi connectivity index (χ3n) is 3.28. The molecule has 2 aromatic rings. The lowest BCUT2D eigenvalue weighted by atomic mass is 10.2. The molecular weight excluding hydrogens is 386 g/mol. The van der Waals surface area contributed by atoms with Crippen molar-refractivity contribution in [1.29, 1.82) is 0 Å². The first-order valence-corrected chi connectivity index (χ1v) is 10.1. The monoisotopic (exact) mass is 403 g/mol. The second kappa shape index (κ2) is 9.23. The van der Waals surface area contributed by atoms with Crippen LogP contribution in [0.1, 0.15) is 10.4 Å². The average Bonchev–Trinajstić information content (AvgIpc) is 2.65. The van der Waals surface area contributed by atoms with E-state index in [1.807, 2.05) is 0 Å². The lowest BCUT2D eigenvalue weighted by Crippen LogP contribution is -2.24. The summed E-state index contributed by atoms with van der Waals surface area (Å²) in [5.41, 5.74) is 5.81. The maximum absolute atomic E-state index is 12.5. The Morgan fingerprint density at radius 1 is 1.15 bits per heavy atom.